The maximum atomic E-state index is 5.45. The van der Waals surface area contributed by atoms with Gasteiger partial charge in [0, 0.05) is 36.1 Å². The van der Waals surface area contributed by atoms with Crippen molar-refractivity contribution in [2.24, 2.45) is 0 Å². The summed E-state index contributed by atoms with van der Waals surface area (Å²) in [5, 5.41) is 3.61. The Balaban J connectivity index is 1.57. The monoisotopic (exact) mass is 276 g/mol. The first-order valence-electron chi connectivity index (χ1n) is 7.48. The van der Waals surface area contributed by atoms with Crippen molar-refractivity contribution in [1.29, 1.82) is 0 Å². The summed E-state index contributed by atoms with van der Waals surface area (Å²) in [6.07, 6.45) is 7.75. The highest BCUT2D eigenvalue weighted by atomic mass is 15.1. The van der Waals surface area contributed by atoms with E-state index in [1.807, 2.05) is 18.2 Å². The third-order valence-electron chi connectivity index (χ3n) is 4.02. The summed E-state index contributed by atoms with van der Waals surface area (Å²) in [7, 11) is 0. The van der Waals surface area contributed by atoms with Crippen molar-refractivity contribution in [1.82, 2.24) is 0 Å². The van der Waals surface area contributed by atoms with Crippen molar-refractivity contribution >= 4 is 11.4 Å². The van der Waals surface area contributed by atoms with Crippen LogP contribution in [0.15, 0.2) is 54.6 Å². The van der Waals surface area contributed by atoms with Gasteiger partial charge in [0.05, 0.1) is 0 Å². The molecule has 0 bridgehead atoms. The maximum Gasteiger partial charge on any atom is 0.0366 e. The Kier molecular flexibility index (Phi) is 4.12. The van der Waals surface area contributed by atoms with Gasteiger partial charge in [0.1, 0.15) is 0 Å². The van der Waals surface area contributed by atoms with E-state index in [2.05, 4.69) is 52.5 Å². The third kappa shape index (κ3) is 3.38. The average molecular weight is 276 g/mol. The highest BCUT2D eigenvalue weighted by Gasteiger charge is 2.19. The highest BCUT2D eigenvalue weighted by molar-refractivity contribution is 5.51. The summed E-state index contributed by atoms with van der Waals surface area (Å²) in [6.45, 7) is 2.19. The molecular formula is C19H20N2. The smallest absolute Gasteiger partial charge is 0.0366 e. The Bertz CT molecular complexity index is 620. The van der Waals surface area contributed by atoms with Crippen LogP contribution in [0.4, 0.5) is 11.4 Å². The molecule has 2 aromatic rings. The van der Waals surface area contributed by atoms with Gasteiger partial charge in [-0.3, -0.25) is 0 Å². The molecule has 0 radical (unpaired) electrons. The van der Waals surface area contributed by atoms with E-state index in [9.17, 15) is 0 Å². The molecule has 2 nitrogen and oxygen atoms in total. The maximum absolute atomic E-state index is 5.45. The molecule has 106 valence electrons. The number of anilines is 2. The van der Waals surface area contributed by atoms with Gasteiger partial charge in [0.25, 0.3) is 0 Å². The second kappa shape index (κ2) is 6.37. The Hall–Kier alpha value is -2.40. The molecule has 2 heteroatoms. The number of nitrogens with zero attached hydrogens (tertiary/aromatic N) is 1. The summed E-state index contributed by atoms with van der Waals surface area (Å²) in [5.41, 5.74) is 3.38. The zero-order chi connectivity index (χ0) is 14.5. The number of rotatable bonds is 3. The molecule has 0 unspecified atom stereocenters. The van der Waals surface area contributed by atoms with Crippen molar-refractivity contribution in [3.8, 4) is 12.3 Å². The topological polar surface area (TPSA) is 15.3 Å². The fourth-order valence-corrected chi connectivity index (χ4v) is 2.86. The van der Waals surface area contributed by atoms with Gasteiger partial charge in [0.15, 0.2) is 0 Å². The SMILES string of the molecule is C#Cc1cccc(NC2CCN(c3ccccc3)CC2)c1. The lowest BCUT2D eigenvalue weighted by Crippen LogP contribution is -2.39. The van der Waals surface area contributed by atoms with E-state index in [1.54, 1.807) is 0 Å². The molecule has 1 fully saturated rings. The highest BCUT2D eigenvalue weighted by Crippen LogP contribution is 2.22. The number of hydrogen-bond acceptors (Lipinski definition) is 2. The van der Waals surface area contributed by atoms with E-state index in [1.165, 1.54) is 5.69 Å². The molecular weight excluding hydrogens is 256 g/mol. The van der Waals surface area contributed by atoms with E-state index < -0.39 is 0 Å². The van der Waals surface area contributed by atoms with Crippen molar-refractivity contribution in [3.05, 3.63) is 60.2 Å². The Morgan fingerprint density at radius 3 is 2.48 bits per heavy atom. The van der Waals surface area contributed by atoms with Gasteiger partial charge >= 0.3 is 0 Å². The molecule has 1 N–H and O–H groups in total. The lowest BCUT2D eigenvalue weighted by Gasteiger charge is -2.34. The summed E-state index contributed by atoms with van der Waals surface area (Å²) < 4.78 is 0. The molecule has 1 saturated heterocycles. The predicted octanol–water partition coefficient (Wildman–Crippen LogP) is 3.75. The standard InChI is InChI=1S/C19H20N2/c1-2-16-7-6-8-18(15-16)20-17-11-13-21(14-12-17)19-9-4-3-5-10-19/h1,3-10,15,17,20H,11-14H2. The van der Waals surface area contributed by atoms with Crippen LogP contribution in [0.2, 0.25) is 0 Å². The van der Waals surface area contributed by atoms with Crippen LogP contribution in [0.5, 0.6) is 0 Å². The van der Waals surface area contributed by atoms with Crippen LogP contribution >= 0.6 is 0 Å². The number of para-hydroxylation sites is 1. The quantitative estimate of drug-likeness (QED) is 0.859. The predicted molar refractivity (Wildman–Crippen MR) is 89.7 cm³/mol. The van der Waals surface area contributed by atoms with Crippen molar-refractivity contribution in [2.75, 3.05) is 23.3 Å². The zero-order valence-corrected chi connectivity index (χ0v) is 12.1. The first-order chi connectivity index (χ1) is 10.3. The Labute approximate surface area is 126 Å². The summed E-state index contributed by atoms with van der Waals surface area (Å²) in [5.74, 6) is 2.68. The molecule has 1 aliphatic rings. The van der Waals surface area contributed by atoms with E-state index in [0.717, 1.165) is 37.2 Å². The van der Waals surface area contributed by atoms with Crippen LogP contribution in [0, 0.1) is 12.3 Å². The molecule has 0 aromatic heterocycles. The van der Waals surface area contributed by atoms with Crippen molar-refractivity contribution in [3.63, 3.8) is 0 Å². The molecule has 0 spiro atoms. The second-order valence-electron chi connectivity index (χ2n) is 5.47. The number of piperidine rings is 1. The first kappa shape index (κ1) is 13.6. The zero-order valence-electron chi connectivity index (χ0n) is 12.1. The van der Waals surface area contributed by atoms with Gasteiger partial charge in [-0.15, -0.1) is 6.42 Å². The largest absolute Gasteiger partial charge is 0.382 e. The molecule has 3 rings (SSSR count). The van der Waals surface area contributed by atoms with Crippen LogP contribution in [0.1, 0.15) is 18.4 Å². The molecule has 0 saturated carbocycles. The summed E-state index contributed by atoms with van der Waals surface area (Å²) in [6, 6.07) is 19.3. The fraction of sp³-hybridized carbons (Fsp3) is 0.263. The number of benzene rings is 2. The van der Waals surface area contributed by atoms with Crippen molar-refractivity contribution in [2.45, 2.75) is 18.9 Å². The summed E-state index contributed by atoms with van der Waals surface area (Å²) in [4.78, 5) is 2.45. The lowest BCUT2D eigenvalue weighted by atomic mass is 10.0. The van der Waals surface area contributed by atoms with E-state index >= 15 is 0 Å². The van der Waals surface area contributed by atoms with E-state index in [0.29, 0.717) is 6.04 Å². The van der Waals surface area contributed by atoms with Gasteiger partial charge < -0.3 is 10.2 Å². The lowest BCUT2D eigenvalue weighted by molar-refractivity contribution is 0.527. The van der Waals surface area contributed by atoms with E-state index in [4.69, 9.17) is 6.42 Å². The number of hydrogen-bond donors (Lipinski definition) is 1. The van der Waals surface area contributed by atoms with Gasteiger partial charge in [-0.1, -0.05) is 30.2 Å². The minimum absolute atomic E-state index is 0.526. The molecule has 0 atom stereocenters. The minimum Gasteiger partial charge on any atom is -0.382 e. The van der Waals surface area contributed by atoms with Crippen LogP contribution in [-0.2, 0) is 0 Å². The van der Waals surface area contributed by atoms with Crippen LogP contribution in [0.3, 0.4) is 0 Å². The Morgan fingerprint density at radius 1 is 1.00 bits per heavy atom. The Morgan fingerprint density at radius 2 is 1.76 bits per heavy atom. The van der Waals surface area contributed by atoms with Crippen LogP contribution < -0.4 is 10.2 Å². The van der Waals surface area contributed by atoms with Crippen molar-refractivity contribution < 1.29 is 0 Å². The number of terminal acetylenes is 1. The first-order valence-corrected chi connectivity index (χ1v) is 7.48. The molecule has 0 amide bonds. The molecule has 1 aliphatic heterocycles. The second-order valence-corrected chi connectivity index (χ2v) is 5.47. The fourth-order valence-electron chi connectivity index (χ4n) is 2.86. The third-order valence-corrected chi connectivity index (χ3v) is 4.02. The van der Waals surface area contributed by atoms with Gasteiger partial charge in [-0.25, -0.2) is 0 Å². The normalized spacial score (nSPS) is 15.5. The molecule has 0 aliphatic carbocycles. The number of nitrogens with one attached hydrogen (secondary N) is 1. The van der Waals surface area contributed by atoms with Gasteiger partial charge in [0.2, 0.25) is 0 Å². The average Bonchev–Trinajstić information content (AvgIpc) is 2.56. The van der Waals surface area contributed by atoms with E-state index in [-0.39, 0.29) is 0 Å². The van der Waals surface area contributed by atoms with Gasteiger partial charge in [-0.05, 0) is 43.2 Å². The molecule has 1 heterocycles. The van der Waals surface area contributed by atoms with Crippen LogP contribution in [0.25, 0.3) is 0 Å². The summed E-state index contributed by atoms with van der Waals surface area (Å²) >= 11 is 0. The minimum atomic E-state index is 0.526. The molecule has 21 heavy (non-hydrogen) atoms. The molecule has 2 aromatic carbocycles. The van der Waals surface area contributed by atoms with Gasteiger partial charge in [-0.2, -0.15) is 0 Å². The van der Waals surface area contributed by atoms with Crippen LogP contribution in [-0.4, -0.2) is 19.1 Å².